The van der Waals surface area contributed by atoms with Crippen molar-refractivity contribution in [3.63, 3.8) is 0 Å². The molecule has 0 saturated carbocycles. The Morgan fingerprint density at radius 1 is 0.941 bits per heavy atom. The molecule has 1 aliphatic heterocycles. The molecule has 51 heavy (non-hydrogen) atoms. The molecule has 2 amide bonds. The van der Waals surface area contributed by atoms with Gasteiger partial charge in [-0.1, -0.05) is 55.4 Å². The van der Waals surface area contributed by atoms with E-state index in [9.17, 15) is 14.7 Å². The van der Waals surface area contributed by atoms with Crippen LogP contribution in [0.2, 0.25) is 36.3 Å². The number of nitrogens with one attached hydrogen (secondary N) is 2. The van der Waals surface area contributed by atoms with Gasteiger partial charge in [0.05, 0.1) is 47.2 Å². The normalized spacial score (nSPS) is 21.3. The van der Waals surface area contributed by atoms with Crippen molar-refractivity contribution in [2.75, 3.05) is 41.2 Å². The number of hydrogen-bond donors (Lipinski definition) is 3. The molecule has 0 bridgehead atoms. The SMILES string of the molecule is COc1cc2c(c(OC)c1OC)C[C@@H](C(=O)N[C@@H](CO[Si](C)(C)C(C)(C)C)C(=O)N[C@@H](CC(C)C)[C@H](O)C1(CO[Si](C)(C)C(C)(C)C)CO1)CC2. The first-order chi connectivity index (χ1) is 23.4. The fourth-order valence-electron chi connectivity index (χ4n) is 5.97. The van der Waals surface area contributed by atoms with Crippen molar-refractivity contribution in [3.8, 4) is 17.2 Å². The molecule has 1 saturated heterocycles. The Balaban J connectivity index is 1.86. The molecule has 0 spiro atoms. The summed E-state index contributed by atoms with van der Waals surface area (Å²) in [5, 5.41) is 17.9. The minimum absolute atomic E-state index is 0.000365. The van der Waals surface area contributed by atoms with Crippen LogP contribution in [0.25, 0.3) is 0 Å². The Morgan fingerprint density at radius 2 is 1.51 bits per heavy atom. The molecule has 1 unspecified atom stereocenters. The number of benzene rings is 1. The average Bonchev–Trinajstić information content (AvgIpc) is 3.83. The summed E-state index contributed by atoms with van der Waals surface area (Å²) in [5.41, 5.74) is 1.05. The average molecular weight is 753 g/mol. The molecule has 2 aliphatic rings. The Morgan fingerprint density at radius 3 is 2.00 bits per heavy atom. The number of hydrogen-bond acceptors (Lipinski definition) is 9. The van der Waals surface area contributed by atoms with Gasteiger partial charge in [-0.15, -0.1) is 0 Å². The van der Waals surface area contributed by atoms with Crippen molar-refractivity contribution in [1.82, 2.24) is 10.6 Å². The summed E-state index contributed by atoms with van der Waals surface area (Å²) in [6.07, 6.45) is 1.18. The highest BCUT2D eigenvalue weighted by molar-refractivity contribution is 6.74. The van der Waals surface area contributed by atoms with Gasteiger partial charge in [0.25, 0.3) is 0 Å². The van der Waals surface area contributed by atoms with Crippen molar-refractivity contribution in [2.24, 2.45) is 11.8 Å². The number of carbonyl (C=O) groups excluding carboxylic acids is 2. The Hall–Kier alpha value is -2.17. The molecule has 0 aromatic heterocycles. The molecule has 1 heterocycles. The molecular weight excluding hydrogens is 685 g/mol. The van der Waals surface area contributed by atoms with Gasteiger partial charge in [0, 0.05) is 11.5 Å². The van der Waals surface area contributed by atoms with E-state index in [1.54, 1.807) is 21.3 Å². The number of rotatable bonds is 17. The maximum absolute atomic E-state index is 14.3. The molecule has 3 N–H and O–H groups in total. The van der Waals surface area contributed by atoms with Crippen molar-refractivity contribution >= 4 is 28.4 Å². The number of epoxide rings is 1. The number of aryl methyl sites for hydroxylation is 1. The first-order valence-electron chi connectivity index (χ1n) is 18.4. The zero-order valence-electron chi connectivity index (χ0n) is 34.1. The lowest BCUT2D eigenvalue weighted by Gasteiger charge is -2.39. The molecule has 5 atom stereocenters. The first-order valence-corrected chi connectivity index (χ1v) is 24.3. The van der Waals surface area contributed by atoms with Crippen LogP contribution < -0.4 is 24.8 Å². The Kier molecular flexibility index (Phi) is 14.0. The number of amides is 2. The number of fused-ring (bicyclic) bond motifs is 1. The molecule has 1 aromatic rings. The number of carbonyl (C=O) groups is 2. The lowest BCUT2D eigenvalue weighted by atomic mass is 9.82. The molecule has 1 fully saturated rings. The maximum atomic E-state index is 14.3. The van der Waals surface area contributed by atoms with Crippen molar-refractivity contribution < 1.29 is 42.5 Å². The molecule has 3 rings (SSSR count). The quantitative estimate of drug-likeness (QED) is 0.129. The zero-order valence-corrected chi connectivity index (χ0v) is 36.1. The summed E-state index contributed by atoms with van der Waals surface area (Å²) in [6.45, 7) is 26.3. The van der Waals surface area contributed by atoms with E-state index in [0.29, 0.717) is 49.5 Å². The van der Waals surface area contributed by atoms with Gasteiger partial charge < -0.3 is 43.5 Å². The van der Waals surface area contributed by atoms with Crippen LogP contribution in [0.3, 0.4) is 0 Å². The molecule has 1 aliphatic carbocycles. The van der Waals surface area contributed by atoms with Crippen molar-refractivity contribution in [3.05, 3.63) is 17.2 Å². The smallest absolute Gasteiger partial charge is 0.245 e. The van der Waals surface area contributed by atoms with Gasteiger partial charge in [-0.2, -0.15) is 0 Å². The van der Waals surface area contributed by atoms with Gasteiger partial charge in [0.2, 0.25) is 17.6 Å². The summed E-state index contributed by atoms with van der Waals surface area (Å²) < 4.78 is 35.8. The molecular formula is C38H68N2O9Si2. The fourth-order valence-corrected chi connectivity index (χ4v) is 8.03. The summed E-state index contributed by atoms with van der Waals surface area (Å²) in [4.78, 5) is 28.3. The minimum atomic E-state index is -2.29. The minimum Gasteiger partial charge on any atom is -0.493 e. The van der Waals surface area contributed by atoms with Crippen LogP contribution in [0, 0.1) is 11.8 Å². The van der Waals surface area contributed by atoms with E-state index in [0.717, 1.165) is 11.1 Å². The second kappa shape index (κ2) is 16.5. The van der Waals surface area contributed by atoms with E-state index in [1.807, 2.05) is 6.07 Å². The van der Waals surface area contributed by atoms with Crippen LogP contribution >= 0.6 is 0 Å². The molecule has 13 heteroatoms. The third kappa shape index (κ3) is 10.3. The lowest BCUT2D eigenvalue weighted by molar-refractivity contribution is -0.133. The number of aliphatic hydroxyl groups excluding tert-OH is 1. The third-order valence-electron chi connectivity index (χ3n) is 11.6. The second-order valence-electron chi connectivity index (χ2n) is 17.9. The van der Waals surface area contributed by atoms with Gasteiger partial charge in [-0.25, -0.2) is 0 Å². The molecule has 1 aromatic carbocycles. The first kappa shape index (κ1) is 43.2. The molecule has 11 nitrogen and oxygen atoms in total. The predicted molar refractivity (Wildman–Crippen MR) is 206 cm³/mol. The third-order valence-corrected chi connectivity index (χ3v) is 20.6. The zero-order chi connectivity index (χ0) is 38.7. The van der Waals surface area contributed by atoms with E-state index in [4.69, 9.17) is 27.8 Å². The highest BCUT2D eigenvalue weighted by Crippen LogP contribution is 2.46. The summed E-state index contributed by atoms with van der Waals surface area (Å²) in [7, 11) is 0.327. The van der Waals surface area contributed by atoms with Gasteiger partial charge >= 0.3 is 0 Å². The van der Waals surface area contributed by atoms with Crippen LogP contribution in [0.5, 0.6) is 17.2 Å². The van der Waals surface area contributed by atoms with E-state index in [-0.39, 0.29) is 35.1 Å². The largest absolute Gasteiger partial charge is 0.493 e. The van der Waals surface area contributed by atoms with Gasteiger partial charge in [-0.05, 0) is 79.5 Å². The number of aliphatic hydroxyl groups is 1. The van der Waals surface area contributed by atoms with E-state index in [1.165, 1.54) is 0 Å². The standard InChI is InChI=1S/C38H68N2O9Si2/c1-24(2)18-28(33(41)38(22-47-38)23-49-51(14,15)37(6,7)8)39-35(43)29(21-48-50(12,13)36(3,4)5)40-34(42)26-17-16-25-20-30(44-9)32(46-11)31(45-10)27(25)19-26/h20,24,26,28-29,33,41H,16-19,21-23H2,1-15H3,(H,39,43)(H,40,42)/t26-,28-,29-,33-,38?/m0/s1. The van der Waals surface area contributed by atoms with Crippen LogP contribution in [-0.2, 0) is 36.0 Å². The number of methoxy groups -OCH3 is 3. The highest BCUT2D eigenvalue weighted by atomic mass is 28.4. The highest BCUT2D eigenvalue weighted by Gasteiger charge is 2.56. The summed E-state index contributed by atoms with van der Waals surface area (Å²) >= 11 is 0. The predicted octanol–water partition coefficient (Wildman–Crippen LogP) is 6.01. The van der Waals surface area contributed by atoms with Gasteiger partial charge in [0.15, 0.2) is 28.1 Å². The van der Waals surface area contributed by atoms with Crippen LogP contribution in [-0.4, -0.2) is 98.5 Å². The molecule has 0 radical (unpaired) electrons. The topological polar surface area (TPSA) is 137 Å². The number of ether oxygens (including phenoxy) is 4. The lowest BCUT2D eigenvalue weighted by Crippen LogP contribution is -2.59. The maximum Gasteiger partial charge on any atom is 0.245 e. The van der Waals surface area contributed by atoms with Gasteiger partial charge in [-0.3, -0.25) is 9.59 Å². The van der Waals surface area contributed by atoms with Crippen molar-refractivity contribution in [1.29, 1.82) is 0 Å². The van der Waals surface area contributed by atoms with E-state index >= 15 is 0 Å². The Bertz CT molecular complexity index is 1370. The van der Waals surface area contributed by atoms with Crippen molar-refractivity contribution in [2.45, 2.75) is 141 Å². The molecule has 292 valence electrons. The van der Waals surface area contributed by atoms with E-state index < -0.39 is 52.2 Å². The summed E-state index contributed by atoms with van der Waals surface area (Å²) in [5.74, 6) is 0.765. The van der Waals surface area contributed by atoms with Crippen LogP contribution in [0.1, 0.15) is 79.4 Å². The summed E-state index contributed by atoms with van der Waals surface area (Å²) in [6, 6.07) is 0.354. The van der Waals surface area contributed by atoms with E-state index in [2.05, 4.69) is 92.2 Å². The van der Waals surface area contributed by atoms with Crippen LogP contribution in [0.15, 0.2) is 6.07 Å². The van der Waals surface area contributed by atoms with Gasteiger partial charge in [0.1, 0.15) is 17.7 Å². The Labute approximate surface area is 309 Å². The van der Waals surface area contributed by atoms with Crippen LogP contribution in [0.4, 0.5) is 0 Å². The second-order valence-corrected chi connectivity index (χ2v) is 27.6. The fraction of sp³-hybridized carbons (Fsp3) is 0.789. The monoisotopic (exact) mass is 752 g/mol.